The molecule has 0 N–H and O–H groups in total. The van der Waals surface area contributed by atoms with Gasteiger partial charge in [-0.1, -0.05) is 17.7 Å². The lowest BCUT2D eigenvalue weighted by Crippen LogP contribution is -2.11. The molecule has 0 amide bonds. The average Bonchev–Trinajstić information content (AvgIpc) is 2.87. The van der Waals surface area contributed by atoms with Crippen molar-refractivity contribution < 1.29 is 12.6 Å². The Morgan fingerprint density at radius 1 is 1.24 bits per heavy atom. The minimum Gasteiger partial charge on any atom is -0.307 e. The molecule has 0 aliphatic carbocycles. The Labute approximate surface area is 126 Å². The Bertz CT molecular complexity index is 736. The second-order valence-electron chi connectivity index (χ2n) is 4.75. The molecule has 8 heteroatoms. The van der Waals surface area contributed by atoms with Crippen molar-refractivity contribution in [1.29, 1.82) is 0 Å². The lowest BCUT2D eigenvalue weighted by molar-refractivity contribution is 0.575. The highest BCUT2D eigenvalue weighted by Crippen LogP contribution is 2.13. The molecule has 1 atom stereocenters. The smallest absolute Gasteiger partial charge is 0.221 e. The van der Waals surface area contributed by atoms with Gasteiger partial charge in [-0.2, -0.15) is 0 Å². The van der Waals surface area contributed by atoms with E-state index in [4.69, 9.17) is 0 Å². The first-order valence-corrected chi connectivity index (χ1v) is 9.62. The normalized spacial score (nSPS) is 13.2. The molecule has 0 saturated carbocycles. The topological polar surface area (TPSA) is 81.9 Å². The van der Waals surface area contributed by atoms with Crippen molar-refractivity contribution in [2.45, 2.75) is 29.9 Å². The SMILES string of the molecule is Cc1ccc(S(=O)(=O)CCCn2cnnc2[S@](C)=O)cc1. The molecule has 6 nitrogen and oxygen atoms in total. The van der Waals surface area contributed by atoms with Gasteiger partial charge in [0.25, 0.3) is 0 Å². The zero-order valence-electron chi connectivity index (χ0n) is 11.9. The summed E-state index contributed by atoms with van der Waals surface area (Å²) in [7, 11) is -4.53. The summed E-state index contributed by atoms with van der Waals surface area (Å²) < 4.78 is 37.4. The van der Waals surface area contributed by atoms with Gasteiger partial charge in [0.15, 0.2) is 9.84 Å². The molecule has 0 fully saturated rings. The van der Waals surface area contributed by atoms with Crippen molar-refractivity contribution in [3.8, 4) is 0 Å². The van der Waals surface area contributed by atoms with Crippen molar-refractivity contribution in [2.75, 3.05) is 12.0 Å². The number of rotatable bonds is 6. The van der Waals surface area contributed by atoms with Gasteiger partial charge in [-0.3, -0.25) is 4.21 Å². The van der Waals surface area contributed by atoms with Crippen LogP contribution >= 0.6 is 0 Å². The van der Waals surface area contributed by atoms with Crippen molar-refractivity contribution in [2.24, 2.45) is 0 Å². The average molecular weight is 327 g/mol. The zero-order chi connectivity index (χ0) is 15.5. The first-order chi connectivity index (χ1) is 9.90. The summed E-state index contributed by atoms with van der Waals surface area (Å²) in [4.78, 5) is 0.330. The maximum atomic E-state index is 12.2. The van der Waals surface area contributed by atoms with Crippen LogP contribution in [0, 0.1) is 6.92 Å². The van der Waals surface area contributed by atoms with Crippen molar-refractivity contribution in [1.82, 2.24) is 14.8 Å². The Kier molecular flexibility index (Phi) is 4.89. The van der Waals surface area contributed by atoms with Gasteiger partial charge in [-0.25, -0.2) is 8.42 Å². The predicted molar refractivity (Wildman–Crippen MR) is 80.2 cm³/mol. The van der Waals surface area contributed by atoms with Crippen LogP contribution in [-0.2, 0) is 27.2 Å². The van der Waals surface area contributed by atoms with Gasteiger partial charge in [-0.05, 0) is 25.5 Å². The van der Waals surface area contributed by atoms with Crippen LogP contribution in [0.1, 0.15) is 12.0 Å². The van der Waals surface area contributed by atoms with E-state index in [2.05, 4.69) is 10.2 Å². The van der Waals surface area contributed by atoms with Crippen LogP contribution in [0.25, 0.3) is 0 Å². The second kappa shape index (κ2) is 6.48. The molecule has 0 bridgehead atoms. The summed E-state index contributed by atoms with van der Waals surface area (Å²) in [6.45, 7) is 2.34. The molecule has 1 aromatic carbocycles. The van der Waals surface area contributed by atoms with Crippen LogP contribution in [0.4, 0.5) is 0 Å². The standard InChI is InChI=1S/C13H17N3O3S2/c1-11-4-6-12(7-5-11)21(18,19)9-3-8-16-10-14-15-13(16)20(2)17/h4-7,10H,3,8-9H2,1-2H3/t20-/m0/s1. The minimum atomic E-state index is -3.29. The number of aromatic nitrogens is 3. The third-order valence-corrected chi connectivity index (χ3v) is 5.68. The van der Waals surface area contributed by atoms with E-state index in [-0.39, 0.29) is 5.75 Å². The summed E-state index contributed by atoms with van der Waals surface area (Å²) in [6, 6.07) is 6.81. The zero-order valence-corrected chi connectivity index (χ0v) is 13.5. The van der Waals surface area contributed by atoms with E-state index in [1.807, 2.05) is 6.92 Å². The van der Waals surface area contributed by atoms with Crippen molar-refractivity contribution in [3.05, 3.63) is 36.2 Å². The fourth-order valence-electron chi connectivity index (χ4n) is 1.91. The molecule has 0 unspecified atom stereocenters. The monoisotopic (exact) mass is 327 g/mol. The molecule has 0 aliphatic heterocycles. The molecule has 0 aliphatic rings. The molecule has 0 spiro atoms. The maximum Gasteiger partial charge on any atom is 0.221 e. The van der Waals surface area contributed by atoms with E-state index in [0.717, 1.165) is 5.56 Å². The molecule has 1 aromatic heterocycles. The highest BCUT2D eigenvalue weighted by atomic mass is 32.2. The lowest BCUT2D eigenvalue weighted by Gasteiger charge is -2.06. The molecular weight excluding hydrogens is 310 g/mol. The van der Waals surface area contributed by atoms with Crippen LogP contribution in [0.15, 0.2) is 40.6 Å². The first kappa shape index (κ1) is 15.8. The summed E-state index contributed by atoms with van der Waals surface area (Å²) in [6.07, 6.45) is 3.40. The summed E-state index contributed by atoms with van der Waals surface area (Å²) >= 11 is 0. The van der Waals surface area contributed by atoms with Crippen LogP contribution < -0.4 is 0 Å². The van der Waals surface area contributed by atoms with E-state index in [1.54, 1.807) is 28.8 Å². The number of sulfone groups is 1. The second-order valence-corrected chi connectivity index (χ2v) is 8.13. The molecule has 2 aromatic rings. The first-order valence-electron chi connectivity index (χ1n) is 6.41. The minimum absolute atomic E-state index is 0.0318. The molecule has 2 rings (SSSR count). The van der Waals surface area contributed by atoms with Gasteiger partial charge in [-0.15, -0.1) is 10.2 Å². The molecule has 0 radical (unpaired) electrons. The highest BCUT2D eigenvalue weighted by Gasteiger charge is 2.15. The number of nitrogens with zero attached hydrogens (tertiary/aromatic N) is 3. The Morgan fingerprint density at radius 2 is 1.90 bits per heavy atom. The Balaban J connectivity index is 2.01. The predicted octanol–water partition coefficient (Wildman–Crippen LogP) is 1.19. The van der Waals surface area contributed by atoms with Gasteiger partial charge in [0.05, 0.1) is 21.4 Å². The van der Waals surface area contributed by atoms with Gasteiger partial charge in [0.2, 0.25) is 5.16 Å². The summed E-state index contributed by atoms with van der Waals surface area (Å²) in [5, 5.41) is 7.82. The van der Waals surface area contributed by atoms with Crippen LogP contribution in [0.5, 0.6) is 0 Å². The van der Waals surface area contributed by atoms with E-state index >= 15 is 0 Å². The largest absolute Gasteiger partial charge is 0.307 e. The fourth-order valence-corrected chi connectivity index (χ4v) is 3.84. The van der Waals surface area contributed by atoms with E-state index < -0.39 is 20.6 Å². The Morgan fingerprint density at radius 3 is 2.52 bits per heavy atom. The number of benzene rings is 1. The number of hydrogen-bond donors (Lipinski definition) is 0. The van der Waals surface area contributed by atoms with Crippen LogP contribution in [0.2, 0.25) is 0 Å². The molecule has 114 valence electrons. The quantitative estimate of drug-likeness (QED) is 0.796. The molecule has 0 saturated heterocycles. The molecule has 1 heterocycles. The van der Waals surface area contributed by atoms with Crippen LogP contribution in [0.3, 0.4) is 0 Å². The van der Waals surface area contributed by atoms with E-state index in [9.17, 15) is 12.6 Å². The third kappa shape index (κ3) is 3.98. The number of hydrogen-bond acceptors (Lipinski definition) is 5. The highest BCUT2D eigenvalue weighted by molar-refractivity contribution is 7.91. The van der Waals surface area contributed by atoms with Crippen molar-refractivity contribution >= 4 is 20.6 Å². The fraction of sp³-hybridized carbons (Fsp3) is 0.385. The Hall–Kier alpha value is -1.54. The molecular formula is C13H17N3O3S2. The van der Waals surface area contributed by atoms with E-state index in [0.29, 0.717) is 23.0 Å². The third-order valence-electron chi connectivity index (χ3n) is 3.03. The molecule has 21 heavy (non-hydrogen) atoms. The van der Waals surface area contributed by atoms with Gasteiger partial charge >= 0.3 is 0 Å². The van der Waals surface area contributed by atoms with E-state index in [1.165, 1.54) is 12.6 Å². The van der Waals surface area contributed by atoms with Gasteiger partial charge in [0.1, 0.15) is 6.33 Å². The lowest BCUT2D eigenvalue weighted by atomic mass is 10.2. The maximum absolute atomic E-state index is 12.2. The summed E-state index contributed by atoms with van der Waals surface area (Å²) in [5.41, 5.74) is 1.02. The van der Waals surface area contributed by atoms with Crippen LogP contribution in [-0.4, -0.2) is 39.4 Å². The van der Waals surface area contributed by atoms with Gasteiger partial charge < -0.3 is 4.57 Å². The van der Waals surface area contributed by atoms with Crippen molar-refractivity contribution in [3.63, 3.8) is 0 Å². The number of aryl methyl sites for hydroxylation is 2. The summed E-state index contributed by atoms with van der Waals surface area (Å²) in [5.74, 6) is 0.0318. The van der Waals surface area contributed by atoms with Gasteiger partial charge in [0, 0.05) is 12.8 Å².